The van der Waals surface area contributed by atoms with E-state index in [0.29, 0.717) is 0 Å². The van der Waals surface area contributed by atoms with Crippen molar-refractivity contribution in [3.63, 3.8) is 0 Å². The zero-order chi connectivity index (χ0) is 25.5. The molecule has 0 aliphatic rings. The maximum absolute atomic E-state index is 13.5. The lowest BCUT2D eigenvalue weighted by atomic mass is 10.1. The van der Waals surface area contributed by atoms with Crippen LogP contribution in [0.15, 0.2) is 0 Å². The van der Waals surface area contributed by atoms with E-state index in [2.05, 4.69) is 14.2 Å². The molecule has 0 fully saturated rings. The molecule has 0 radical (unpaired) electrons. The molecule has 0 saturated carbocycles. The number of aliphatic hydroxyl groups is 1. The van der Waals surface area contributed by atoms with E-state index >= 15 is 0 Å². The lowest BCUT2D eigenvalue weighted by Gasteiger charge is -2.37. The second-order valence-corrected chi connectivity index (χ2v) is 5.53. The Morgan fingerprint density at radius 3 is 1.42 bits per heavy atom. The molecule has 0 heterocycles. The summed E-state index contributed by atoms with van der Waals surface area (Å²) in [6, 6.07) is 0. The normalized spacial score (nSPS) is 19.2. The van der Waals surface area contributed by atoms with Crippen LogP contribution in [0.4, 0.5) is 70.2 Å². The molecule has 0 amide bonds. The van der Waals surface area contributed by atoms with Gasteiger partial charge in [0.05, 0.1) is 0 Å². The number of aliphatic hydroxyl groups excluding tert-OH is 1. The van der Waals surface area contributed by atoms with Gasteiger partial charge in [0.25, 0.3) is 12.6 Å². The van der Waals surface area contributed by atoms with E-state index in [1.54, 1.807) is 0 Å². The summed E-state index contributed by atoms with van der Waals surface area (Å²) in [4.78, 5) is 0. The van der Waals surface area contributed by atoms with E-state index in [9.17, 15) is 70.2 Å². The van der Waals surface area contributed by atoms with Gasteiger partial charge in [0.1, 0.15) is 6.61 Å². The van der Waals surface area contributed by atoms with Gasteiger partial charge in [0, 0.05) is 0 Å². The minimum Gasteiger partial charge on any atom is -0.390 e. The molecule has 0 aliphatic carbocycles. The van der Waals surface area contributed by atoms with Crippen LogP contribution in [0.25, 0.3) is 0 Å². The Labute approximate surface area is 159 Å². The number of halogens is 16. The highest BCUT2D eigenvalue weighted by Gasteiger charge is 2.83. The Hall–Kier alpha value is -1.28. The fraction of sp³-hybridized carbons (Fsp3) is 1.00. The Kier molecular flexibility index (Phi) is 8.22. The van der Waals surface area contributed by atoms with Gasteiger partial charge in [-0.1, -0.05) is 0 Å². The molecule has 0 saturated heterocycles. The summed E-state index contributed by atoms with van der Waals surface area (Å²) in [6.45, 7) is -2.38. The predicted molar refractivity (Wildman–Crippen MR) is 60.4 cm³/mol. The second kappa shape index (κ2) is 8.58. The van der Waals surface area contributed by atoms with Gasteiger partial charge in [0.15, 0.2) is 0 Å². The van der Waals surface area contributed by atoms with E-state index < -0.39 is 61.5 Å². The van der Waals surface area contributed by atoms with E-state index in [1.165, 1.54) is 0 Å². The summed E-state index contributed by atoms with van der Waals surface area (Å²) in [5.74, 6) is -19.6. The summed E-state index contributed by atoms with van der Waals surface area (Å²) in [7, 11) is 0. The molecule has 4 nitrogen and oxygen atoms in total. The number of alkyl halides is 16. The highest BCUT2D eigenvalue weighted by molar-refractivity contribution is 4.97. The molecule has 188 valence electrons. The molecule has 0 aromatic rings. The van der Waals surface area contributed by atoms with Crippen molar-refractivity contribution in [3.8, 4) is 0 Å². The highest BCUT2D eigenvalue weighted by Crippen LogP contribution is 2.54. The van der Waals surface area contributed by atoms with Crippen LogP contribution in [0.3, 0.4) is 0 Å². The minimum atomic E-state index is -7.76. The van der Waals surface area contributed by atoms with Crippen LogP contribution >= 0.6 is 0 Å². The quantitative estimate of drug-likeness (QED) is 0.337. The lowest BCUT2D eigenvalue weighted by Crippen LogP contribution is -2.64. The van der Waals surface area contributed by atoms with E-state index in [4.69, 9.17) is 5.11 Å². The summed E-state index contributed by atoms with van der Waals surface area (Å²) in [6.07, 6.45) is -37.8. The molecule has 0 rings (SSSR count). The van der Waals surface area contributed by atoms with E-state index in [1.807, 2.05) is 0 Å². The first-order valence-corrected chi connectivity index (χ1v) is 6.87. The SMILES string of the molecule is C[C@@](F)(CO)OC(OC(F)(F)C(F)(F)C(F)(F)C(F)(F)F)C(F)(F)OC(F)C(F)(F)F. The molecule has 0 aromatic carbocycles. The van der Waals surface area contributed by atoms with Gasteiger partial charge in [-0.25, -0.2) is 8.78 Å². The molecule has 0 aromatic heterocycles. The topological polar surface area (TPSA) is 47.9 Å². The zero-order valence-electron chi connectivity index (χ0n) is 14.1. The Morgan fingerprint density at radius 2 is 1.10 bits per heavy atom. The smallest absolute Gasteiger partial charge is 0.390 e. The van der Waals surface area contributed by atoms with Gasteiger partial charge in [-0.2, -0.15) is 61.5 Å². The van der Waals surface area contributed by atoms with Gasteiger partial charge in [-0.3, -0.25) is 9.47 Å². The van der Waals surface area contributed by atoms with Crippen molar-refractivity contribution in [1.29, 1.82) is 0 Å². The first-order chi connectivity index (χ1) is 13.3. The number of hydrogen-bond donors (Lipinski definition) is 1. The van der Waals surface area contributed by atoms with Gasteiger partial charge >= 0.3 is 36.4 Å². The van der Waals surface area contributed by atoms with Crippen molar-refractivity contribution in [2.75, 3.05) is 6.61 Å². The summed E-state index contributed by atoms with van der Waals surface area (Å²) < 4.78 is 211. The van der Waals surface area contributed by atoms with Crippen LogP contribution in [0.1, 0.15) is 6.92 Å². The molecule has 2 unspecified atom stereocenters. The second-order valence-electron chi connectivity index (χ2n) is 5.53. The van der Waals surface area contributed by atoms with Crippen LogP contribution in [-0.2, 0) is 14.2 Å². The van der Waals surface area contributed by atoms with Crippen molar-refractivity contribution in [2.45, 2.75) is 61.8 Å². The van der Waals surface area contributed by atoms with Crippen molar-refractivity contribution in [3.05, 3.63) is 0 Å². The molecule has 0 aliphatic heterocycles. The molecule has 1 N–H and O–H groups in total. The minimum absolute atomic E-state index is 0.198. The third-order valence-corrected chi connectivity index (χ3v) is 2.80. The van der Waals surface area contributed by atoms with Crippen molar-refractivity contribution >= 4 is 0 Å². The first kappa shape index (κ1) is 29.7. The monoisotopic (exact) mass is 508 g/mol. The van der Waals surface area contributed by atoms with Gasteiger partial charge in [0.2, 0.25) is 5.85 Å². The summed E-state index contributed by atoms with van der Waals surface area (Å²) >= 11 is 0. The van der Waals surface area contributed by atoms with Crippen LogP contribution in [-0.4, -0.2) is 66.6 Å². The fourth-order valence-electron chi connectivity index (χ4n) is 1.25. The third kappa shape index (κ3) is 6.60. The summed E-state index contributed by atoms with van der Waals surface area (Å²) in [5, 5.41) is 8.41. The van der Waals surface area contributed by atoms with E-state index in [-0.39, 0.29) is 6.92 Å². The number of hydrogen-bond acceptors (Lipinski definition) is 4. The lowest BCUT2D eigenvalue weighted by molar-refractivity contribution is -0.505. The molecule has 3 atom stereocenters. The Balaban J connectivity index is 6.23. The van der Waals surface area contributed by atoms with Crippen LogP contribution in [0.2, 0.25) is 0 Å². The molecular weight excluding hydrogens is 500 g/mol. The molecule has 0 bridgehead atoms. The van der Waals surface area contributed by atoms with Crippen molar-refractivity contribution in [2.24, 2.45) is 0 Å². The maximum Gasteiger partial charge on any atom is 0.460 e. The number of ether oxygens (including phenoxy) is 3. The maximum atomic E-state index is 13.5. The molecular formula is C11H8F16O4. The molecule has 0 spiro atoms. The van der Waals surface area contributed by atoms with Gasteiger partial charge in [-0.05, 0) is 6.92 Å². The fourth-order valence-corrected chi connectivity index (χ4v) is 1.25. The average molecular weight is 508 g/mol. The Bertz CT molecular complexity index is 597. The van der Waals surface area contributed by atoms with Crippen LogP contribution in [0.5, 0.6) is 0 Å². The molecule has 31 heavy (non-hydrogen) atoms. The van der Waals surface area contributed by atoms with Crippen LogP contribution in [0, 0.1) is 0 Å². The van der Waals surface area contributed by atoms with Crippen molar-refractivity contribution in [1.82, 2.24) is 0 Å². The predicted octanol–water partition coefficient (Wildman–Crippen LogP) is 4.92. The summed E-state index contributed by atoms with van der Waals surface area (Å²) in [5.41, 5.74) is 0. The number of rotatable bonds is 10. The zero-order valence-corrected chi connectivity index (χ0v) is 14.1. The molecule has 20 heteroatoms. The van der Waals surface area contributed by atoms with Crippen molar-refractivity contribution < 1.29 is 89.6 Å². The van der Waals surface area contributed by atoms with E-state index in [0.717, 1.165) is 0 Å². The van der Waals surface area contributed by atoms with Gasteiger partial charge < -0.3 is 9.84 Å². The standard InChI is InChI=1S/C11H8F16O4/c1-5(13,2-28)30-4(7(17,18)29-3(12)6(14,15)16)31-11(26,27)9(21,22)8(19,20)10(23,24)25/h3-4,28H,2H2,1H3/t3?,4?,5-/m0/s1. The van der Waals surface area contributed by atoms with Gasteiger partial charge in [-0.15, -0.1) is 0 Å². The van der Waals surface area contributed by atoms with Crippen LogP contribution < -0.4 is 0 Å². The first-order valence-electron chi connectivity index (χ1n) is 6.87. The third-order valence-electron chi connectivity index (χ3n) is 2.80. The average Bonchev–Trinajstić information content (AvgIpc) is 2.51. The Morgan fingerprint density at radius 1 is 0.677 bits per heavy atom. The highest BCUT2D eigenvalue weighted by atomic mass is 19.4. The largest absolute Gasteiger partial charge is 0.460 e.